The van der Waals surface area contributed by atoms with Crippen molar-refractivity contribution in [2.24, 2.45) is 0 Å². The standard InChI is InChI=1S/C8H5FINO4/c1-15-8(12)5-2-4(11(13)14)3-6(9)7(5)10/h2-3H,1H3. The van der Waals surface area contributed by atoms with E-state index in [9.17, 15) is 19.3 Å². The van der Waals surface area contributed by atoms with E-state index in [4.69, 9.17) is 0 Å². The molecule has 7 heteroatoms. The maximum Gasteiger partial charge on any atom is 0.339 e. The lowest BCUT2D eigenvalue weighted by Crippen LogP contribution is -2.06. The number of halogens is 2. The molecule has 0 aromatic heterocycles. The minimum absolute atomic E-state index is 0.00468. The minimum Gasteiger partial charge on any atom is -0.465 e. The van der Waals surface area contributed by atoms with E-state index in [0.717, 1.165) is 19.2 Å². The van der Waals surface area contributed by atoms with Crippen LogP contribution in [0.5, 0.6) is 0 Å². The molecule has 0 bridgehead atoms. The first kappa shape index (κ1) is 11.8. The molecule has 0 aliphatic heterocycles. The fourth-order valence-corrected chi connectivity index (χ4v) is 1.47. The second-order valence-electron chi connectivity index (χ2n) is 2.54. The first-order valence-electron chi connectivity index (χ1n) is 3.69. The normalized spacial score (nSPS) is 9.80. The van der Waals surface area contributed by atoms with Gasteiger partial charge < -0.3 is 4.74 Å². The Hall–Kier alpha value is -1.25. The number of non-ortho nitro benzene ring substituents is 1. The first-order valence-corrected chi connectivity index (χ1v) is 4.77. The van der Waals surface area contributed by atoms with Crippen LogP contribution in [0.15, 0.2) is 12.1 Å². The summed E-state index contributed by atoms with van der Waals surface area (Å²) in [6, 6.07) is 1.74. The molecule has 15 heavy (non-hydrogen) atoms. The van der Waals surface area contributed by atoms with Crippen LogP contribution in [0, 0.1) is 19.5 Å². The highest BCUT2D eigenvalue weighted by Crippen LogP contribution is 2.23. The van der Waals surface area contributed by atoms with Crippen molar-refractivity contribution in [1.29, 1.82) is 0 Å². The van der Waals surface area contributed by atoms with E-state index in [-0.39, 0.29) is 9.13 Å². The van der Waals surface area contributed by atoms with Gasteiger partial charge in [0.2, 0.25) is 0 Å². The summed E-state index contributed by atoms with van der Waals surface area (Å²) in [5.74, 6) is -1.62. The summed E-state index contributed by atoms with van der Waals surface area (Å²) >= 11 is 1.59. The SMILES string of the molecule is COC(=O)c1cc([N+](=O)[O-])cc(F)c1I. The summed E-state index contributed by atoms with van der Waals surface area (Å²) in [4.78, 5) is 20.8. The highest BCUT2D eigenvalue weighted by atomic mass is 127. The molecule has 0 saturated carbocycles. The molecule has 0 aliphatic rings. The Kier molecular flexibility index (Phi) is 3.56. The fraction of sp³-hybridized carbons (Fsp3) is 0.125. The van der Waals surface area contributed by atoms with Crippen molar-refractivity contribution in [3.8, 4) is 0 Å². The third kappa shape index (κ3) is 2.41. The molecule has 0 atom stereocenters. The van der Waals surface area contributed by atoms with E-state index < -0.39 is 22.4 Å². The number of benzene rings is 1. The van der Waals surface area contributed by atoms with Crippen LogP contribution in [0.1, 0.15) is 10.4 Å². The molecule has 5 nitrogen and oxygen atoms in total. The van der Waals surface area contributed by atoms with Gasteiger partial charge in [0.1, 0.15) is 5.82 Å². The second kappa shape index (κ2) is 4.51. The Labute approximate surface area is 97.5 Å². The lowest BCUT2D eigenvalue weighted by Gasteiger charge is -2.03. The molecular weight excluding hydrogens is 320 g/mol. The molecular formula is C8H5FINO4. The summed E-state index contributed by atoms with van der Waals surface area (Å²) in [5, 5.41) is 10.4. The summed E-state index contributed by atoms with van der Waals surface area (Å²) < 4.78 is 17.6. The number of hydrogen-bond acceptors (Lipinski definition) is 4. The maximum atomic E-state index is 13.2. The van der Waals surface area contributed by atoms with Crippen LogP contribution in [0.2, 0.25) is 0 Å². The van der Waals surface area contributed by atoms with Crippen LogP contribution in [0.25, 0.3) is 0 Å². The van der Waals surface area contributed by atoms with Crippen molar-refractivity contribution >= 4 is 34.2 Å². The van der Waals surface area contributed by atoms with Gasteiger partial charge in [0.15, 0.2) is 0 Å². The van der Waals surface area contributed by atoms with Crippen molar-refractivity contribution in [1.82, 2.24) is 0 Å². The van der Waals surface area contributed by atoms with Crippen LogP contribution in [-0.2, 0) is 4.74 Å². The molecule has 0 heterocycles. The zero-order valence-electron chi connectivity index (χ0n) is 7.49. The first-order chi connectivity index (χ1) is 6.97. The summed E-state index contributed by atoms with van der Waals surface area (Å²) in [6.45, 7) is 0. The maximum absolute atomic E-state index is 13.2. The smallest absolute Gasteiger partial charge is 0.339 e. The molecule has 0 spiro atoms. The Morgan fingerprint density at radius 3 is 2.67 bits per heavy atom. The molecule has 1 aromatic rings. The van der Waals surface area contributed by atoms with Gasteiger partial charge in [0.05, 0.1) is 27.2 Å². The number of nitrogens with zero attached hydrogens (tertiary/aromatic N) is 1. The average Bonchev–Trinajstić information content (AvgIpc) is 2.20. The Bertz CT molecular complexity index is 435. The predicted octanol–water partition coefficient (Wildman–Crippen LogP) is 2.13. The van der Waals surface area contributed by atoms with Crippen molar-refractivity contribution in [2.45, 2.75) is 0 Å². The van der Waals surface area contributed by atoms with Crippen LogP contribution >= 0.6 is 22.6 Å². The molecule has 0 N–H and O–H groups in total. The molecule has 80 valence electrons. The van der Waals surface area contributed by atoms with Gasteiger partial charge in [-0.2, -0.15) is 0 Å². The lowest BCUT2D eigenvalue weighted by atomic mass is 10.2. The Morgan fingerprint density at radius 1 is 1.60 bits per heavy atom. The van der Waals surface area contributed by atoms with Gasteiger partial charge in [-0.25, -0.2) is 9.18 Å². The lowest BCUT2D eigenvalue weighted by molar-refractivity contribution is -0.385. The molecule has 0 radical (unpaired) electrons. The number of esters is 1. The molecule has 0 unspecified atom stereocenters. The van der Waals surface area contributed by atoms with E-state index in [0.29, 0.717) is 0 Å². The number of methoxy groups -OCH3 is 1. The molecule has 0 fully saturated rings. The van der Waals surface area contributed by atoms with E-state index in [1.54, 1.807) is 22.6 Å². The van der Waals surface area contributed by atoms with Gasteiger partial charge >= 0.3 is 5.97 Å². The Morgan fingerprint density at radius 2 is 2.20 bits per heavy atom. The number of carbonyl (C=O) groups excluding carboxylic acids is 1. The third-order valence-electron chi connectivity index (χ3n) is 1.63. The van der Waals surface area contributed by atoms with Gasteiger partial charge in [0, 0.05) is 6.07 Å². The summed E-state index contributed by atoms with van der Waals surface area (Å²) in [6.07, 6.45) is 0. The van der Waals surface area contributed by atoms with Crippen LogP contribution in [-0.4, -0.2) is 18.0 Å². The number of nitro groups is 1. The van der Waals surface area contributed by atoms with Crippen LogP contribution in [0.4, 0.5) is 10.1 Å². The van der Waals surface area contributed by atoms with E-state index in [2.05, 4.69) is 4.74 Å². The predicted molar refractivity (Wildman–Crippen MR) is 57.1 cm³/mol. The number of ether oxygens (including phenoxy) is 1. The minimum atomic E-state index is -0.815. The Balaban J connectivity index is 3.37. The topological polar surface area (TPSA) is 69.4 Å². The van der Waals surface area contributed by atoms with Crippen molar-refractivity contribution < 1.29 is 18.8 Å². The number of nitro benzene ring substituents is 1. The van der Waals surface area contributed by atoms with E-state index in [1.807, 2.05) is 0 Å². The van der Waals surface area contributed by atoms with Gasteiger partial charge in [-0.3, -0.25) is 10.1 Å². The molecule has 1 rings (SSSR count). The average molecular weight is 325 g/mol. The zero-order chi connectivity index (χ0) is 11.6. The number of hydrogen-bond donors (Lipinski definition) is 0. The highest BCUT2D eigenvalue weighted by molar-refractivity contribution is 14.1. The van der Waals surface area contributed by atoms with Crippen LogP contribution in [0.3, 0.4) is 0 Å². The van der Waals surface area contributed by atoms with E-state index >= 15 is 0 Å². The van der Waals surface area contributed by atoms with Crippen LogP contribution < -0.4 is 0 Å². The highest BCUT2D eigenvalue weighted by Gasteiger charge is 2.20. The number of rotatable bonds is 2. The zero-order valence-corrected chi connectivity index (χ0v) is 9.65. The van der Waals surface area contributed by atoms with Crippen molar-refractivity contribution in [2.75, 3.05) is 7.11 Å². The molecule has 0 amide bonds. The van der Waals surface area contributed by atoms with Gasteiger partial charge in [-0.15, -0.1) is 0 Å². The largest absolute Gasteiger partial charge is 0.465 e. The van der Waals surface area contributed by atoms with Gasteiger partial charge in [-0.05, 0) is 22.6 Å². The van der Waals surface area contributed by atoms with Gasteiger partial charge in [0.25, 0.3) is 5.69 Å². The van der Waals surface area contributed by atoms with Crippen molar-refractivity contribution in [3.05, 3.63) is 37.2 Å². The third-order valence-corrected chi connectivity index (χ3v) is 2.73. The van der Waals surface area contributed by atoms with Gasteiger partial charge in [-0.1, -0.05) is 0 Å². The monoisotopic (exact) mass is 325 g/mol. The second-order valence-corrected chi connectivity index (χ2v) is 3.62. The van der Waals surface area contributed by atoms with Crippen molar-refractivity contribution in [3.63, 3.8) is 0 Å². The number of carbonyl (C=O) groups is 1. The quantitative estimate of drug-likeness (QED) is 0.361. The molecule has 0 saturated heterocycles. The summed E-state index contributed by atoms with van der Waals surface area (Å²) in [5.41, 5.74) is -0.627. The molecule has 0 aliphatic carbocycles. The summed E-state index contributed by atoms with van der Waals surface area (Å²) in [7, 11) is 1.12. The fourth-order valence-electron chi connectivity index (χ4n) is 0.939. The van der Waals surface area contributed by atoms with E-state index in [1.165, 1.54) is 0 Å². The molecule has 1 aromatic carbocycles.